The molecule has 12 heavy (non-hydrogen) atoms. The molecular weight excluding hydrogens is 168 g/mol. The van der Waals surface area contributed by atoms with Crippen LogP contribution in [0.25, 0.3) is 0 Å². The van der Waals surface area contributed by atoms with Gasteiger partial charge in [-0.25, -0.2) is 0 Å². The van der Waals surface area contributed by atoms with Crippen LogP contribution < -0.4 is 0 Å². The zero-order valence-electron chi connectivity index (χ0n) is 8.92. The van der Waals surface area contributed by atoms with E-state index in [-0.39, 0.29) is 0 Å². The van der Waals surface area contributed by atoms with Crippen molar-refractivity contribution in [2.24, 2.45) is 11.3 Å². The molecule has 0 spiro atoms. The maximum Gasteiger partial charge on any atom is 0.0519 e. The minimum Gasteiger partial charge on any atom is -0.378 e. The third-order valence-corrected chi connectivity index (χ3v) is 2.52. The van der Waals surface area contributed by atoms with Gasteiger partial charge in [-0.1, -0.05) is 20.8 Å². The fourth-order valence-electron chi connectivity index (χ4n) is 0.885. The van der Waals surface area contributed by atoms with Crippen LogP contribution in [0.5, 0.6) is 0 Å². The third-order valence-electron chi connectivity index (χ3n) is 2.08. The van der Waals surface area contributed by atoms with E-state index in [0.29, 0.717) is 17.4 Å². The van der Waals surface area contributed by atoms with E-state index in [4.69, 9.17) is 4.74 Å². The summed E-state index contributed by atoms with van der Waals surface area (Å²) in [6.45, 7) is 11.7. The van der Waals surface area contributed by atoms with E-state index in [1.165, 1.54) is 0 Å². The molecule has 0 amide bonds. The Morgan fingerprint density at radius 3 is 2.00 bits per heavy atom. The van der Waals surface area contributed by atoms with Crippen LogP contribution in [0.3, 0.4) is 0 Å². The predicted octanol–water partition coefficient (Wildman–Crippen LogP) is 3.00. The van der Waals surface area contributed by atoms with E-state index in [0.717, 1.165) is 12.4 Å². The van der Waals surface area contributed by atoms with Crippen LogP contribution in [0.2, 0.25) is 0 Å². The summed E-state index contributed by atoms with van der Waals surface area (Å²) >= 11 is 4.33. The Labute approximate surface area is 82.3 Å². The molecule has 74 valence electrons. The van der Waals surface area contributed by atoms with Gasteiger partial charge in [0.15, 0.2) is 0 Å². The van der Waals surface area contributed by atoms with Gasteiger partial charge in [0.05, 0.1) is 12.7 Å². The molecule has 1 nitrogen and oxygen atoms in total. The molecule has 2 heteroatoms. The van der Waals surface area contributed by atoms with Crippen molar-refractivity contribution < 1.29 is 4.74 Å². The Bertz CT molecular complexity index is 115. The third kappa shape index (κ3) is 5.04. The summed E-state index contributed by atoms with van der Waals surface area (Å²) in [6, 6.07) is 0. The first-order valence-corrected chi connectivity index (χ1v) is 5.23. The Morgan fingerprint density at radius 1 is 1.25 bits per heavy atom. The molecule has 0 aliphatic heterocycles. The zero-order valence-corrected chi connectivity index (χ0v) is 9.82. The maximum atomic E-state index is 5.57. The second kappa shape index (κ2) is 5.13. The van der Waals surface area contributed by atoms with Crippen LogP contribution in [0.15, 0.2) is 0 Å². The second-order valence-electron chi connectivity index (χ2n) is 4.63. The quantitative estimate of drug-likeness (QED) is 0.670. The molecule has 0 aliphatic carbocycles. The molecule has 0 N–H and O–H groups in total. The molecule has 0 radical (unpaired) electrons. The lowest BCUT2D eigenvalue weighted by atomic mass is 9.82. The Hall–Kier alpha value is 0.310. The molecule has 0 aliphatic rings. The highest BCUT2D eigenvalue weighted by Gasteiger charge is 2.23. The van der Waals surface area contributed by atoms with Crippen LogP contribution in [-0.4, -0.2) is 18.5 Å². The average molecular weight is 190 g/mol. The zero-order chi connectivity index (χ0) is 9.78. The number of thiol groups is 1. The van der Waals surface area contributed by atoms with Crippen LogP contribution >= 0.6 is 12.6 Å². The van der Waals surface area contributed by atoms with Crippen molar-refractivity contribution in [1.82, 2.24) is 0 Å². The van der Waals surface area contributed by atoms with Gasteiger partial charge >= 0.3 is 0 Å². The summed E-state index contributed by atoms with van der Waals surface area (Å²) < 4.78 is 5.57. The van der Waals surface area contributed by atoms with E-state index in [1.54, 1.807) is 0 Å². The monoisotopic (exact) mass is 190 g/mol. The fraction of sp³-hybridized carbons (Fsp3) is 1.00. The first kappa shape index (κ1) is 12.3. The minimum atomic E-state index is 0.302. The number of hydrogen-bond donors (Lipinski definition) is 1. The van der Waals surface area contributed by atoms with Gasteiger partial charge in [-0.15, -0.1) is 0 Å². The molecule has 0 aromatic rings. The van der Waals surface area contributed by atoms with Crippen molar-refractivity contribution in [2.75, 3.05) is 12.4 Å². The summed E-state index contributed by atoms with van der Waals surface area (Å²) in [4.78, 5) is 0. The van der Waals surface area contributed by atoms with E-state index in [1.807, 2.05) is 0 Å². The van der Waals surface area contributed by atoms with E-state index in [2.05, 4.69) is 47.2 Å². The van der Waals surface area contributed by atoms with Crippen LogP contribution in [0.1, 0.15) is 34.6 Å². The maximum absolute atomic E-state index is 5.57. The Morgan fingerprint density at radius 2 is 1.75 bits per heavy atom. The highest BCUT2D eigenvalue weighted by molar-refractivity contribution is 7.80. The second-order valence-corrected chi connectivity index (χ2v) is 4.99. The van der Waals surface area contributed by atoms with Gasteiger partial charge < -0.3 is 4.74 Å². The lowest BCUT2D eigenvalue weighted by Gasteiger charge is -2.29. The van der Waals surface area contributed by atoms with Gasteiger partial charge in [-0.2, -0.15) is 12.6 Å². The summed E-state index contributed by atoms with van der Waals surface area (Å²) in [6.07, 6.45) is 0.328. The normalized spacial score (nSPS) is 15.2. The van der Waals surface area contributed by atoms with Crippen LogP contribution in [0.4, 0.5) is 0 Å². The van der Waals surface area contributed by atoms with Crippen molar-refractivity contribution in [1.29, 1.82) is 0 Å². The van der Waals surface area contributed by atoms with Crippen molar-refractivity contribution in [2.45, 2.75) is 40.7 Å². The van der Waals surface area contributed by atoms with Gasteiger partial charge in [0, 0.05) is 0 Å². The SMILES string of the molecule is CC(C)OCC(CS)C(C)(C)C. The molecule has 0 aromatic carbocycles. The molecule has 0 fully saturated rings. The number of ether oxygens (including phenoxy) is 1. The lowest BCUT2D eigenvalue weighted by molar-refractivity contribution is 0.0276. The lowest BCUT2D eigenvalue weighted by Crippen LogP contribution is -2.28. The fourth-order valence-corrected chi connectivity index (χ4v) is 1.54. The van der Waals surface area contributed by atoms with Gasteiger partial charge in [0.25, 0.3) is 0 Å². The van der Waals surface area contributed by atoms with Crippen LogP contribution in [0, 0.1) is 11.3 Å². The van der Waals surface area contributed by atoms with Gasteiger partial charge in [0.2, 0.25) is 0 Å². The van der Waals surface area contributed by atoms with E-state index >= 15 is 0 Å². The van der Waals surface area contributed by atoms with Crippen LogP contribution in [-0.2, 0) is 4.74 Å². The molecule has 0 bridgehead atoms. The van der Waals surface area contributed by atoms with E-state index < -0.39 is 0 Å². The number of rotatable bonds is 4. The molecule has 1 atom stereocenters. The molecule has 0 heterocycles. The first-order valence-electron chi connectivity index (χ1n) is 4.60. The highest BCUT2D eigenvalue weighted by atomic mass is 32.1. The van der Waals surface area contributed by atoms with Gasteiger partial charge in [0.1, 0.15) is 0 Å². The summed E-state index contributed by atoms with van der Waals surface area (Å²) in [5.41, 5.74) is 0.302. The standard InChI is InChI=1S/C10H22OS/c1-8(2)11-6-9(7-12)10(3,4)5/h8-9,12H,6-7H2,1-5H3. The van der Waals surface area contributed by atoms with Crippen molar-refractivity contribution >= 4 is 12.6 Å². The summed E-state index contributed by atoms with van der Waals surface area (Å²) in [5.74, 6) is 1.44. The largest absolute Gasteiger partial charge is 0.378 e. The molecule has 0 aromatic heterocycles. The molecule has 0 saturated carbocycles. The molecular formula is C10H22OS. The predicted molar refractivity (Wildman–Crippen MR) is 57.9 cm³/mol. The first-order chi connectivity index (χ1) is 5.38. The molecule has 0 saturated heterocycles. The topological polar surface area (TPSA) is 9.23 Å². The number of hydrogen-bond acceptors (Lipinski definition) is 2. The average Bonchev–Trinajstić information content (AvgIpc) is 1.85. The smallest absolute Gasteiger partial charge is 0.0519 e. The van der Waals surface area contributed by atoms with Crippen molar-refractivity contribution in [3.63, 3.8) is 0 Å². The summed E-state index contributed by atoms with van der Waals surface area (Å²) in [7, 11) is 0. The van der Waals surface area contributed by atoms with E-state index in [9.17, 15) is 0 Å². The van der Waals surface area contributed by atoms with Crippen molar-refractivity contribution in [3.8, 4) is 0 Å². The molecule has 1 unspecified atom stereocenters. The van der Waals surface area contributed by atoms with Crippen molar-refractivity contribution in [3.05, 3.63) is 0 Å². The highest BCUT2D eigenvalue weighted by Crippen LogP contribution is 2.27. The Balaban J connectivity index is 3.84. The Kier molecular flexibility index (Phi) is 5.26. The molecule has 0 rings (SSSR count). The minimum absolute atomic E-state index is 0.302. The summed E-state index contributed by atoms with van der Waals surface area (Å²) in [5, 5.41) is 0. The van der Waals surface area contributed by atoms with Gasteiger partial charge in [-0.3, -0.25) is 0 Å². The van der Waals surface area contributed by atoms with Gasteiger partial charge in [-0.05, 0) is 30.9 Å².